The van der Waals surface area contributed by atoms with Crippen molar-refractivity contribution in [2.24, 2.45) is 0 Å². The Bertz CT molecular complexity index is 861. The molecule has 2 aliphatic rings. The molecule has 2 heterocycles. The zero-order valence-corrected chi connectivity index (χ0v) is 17.0. The van der Waals surface area contributed by atoms with Gasteiger partial charge in [0.05, 0.1) is 5.25 Å². The molecule has 0 saturated heterocycles. The molecule has 0 aromatic carbocycles. The first-order valence-corrected chi connectivity index (χ1v) is 11.3. The van der Waals surface area contributed by atoms with E-state index in [-0.39, 0.29) is 18.0 Å². The van der Waals surface area contributed by atoms with Crippen LogP contribution < -0.4 is 10.6 Å². The van der Waals surface area contributed by atoms with Crippen molar-refractivity contribution in [3.05, 3.63) is 16.8 Å². The van der Waals surface area contributed by atoms with Crippen LogP contribution in [0.1, 0.15) is 55.9 Å². The minimum atomic E-state index is -0.406. The van der Waals surface area contributed by atoms with Crippen LogP contribution in [0.15, 0.2) is 11.4 Å². The van der Waals surface area contributed by atoms with Gasteiger partial charge >= 0.3 is 6.03 Å². The fraction of sp³-hybridized carbons (Fsp3) is 0.579. The number of imide groups is 1. The number of thioether (sulfide) groups is 1. The van der Waals surface area contributed by atoms with Gasteiger partial charge in [-0.25, -0.2) is 14.8 Å². The molecule has 0 spiro atoms. The third-order valence-corrected chi connectivity index (χ3v) is 7.60. The van der Waals surface area contributed by atoms with E-state index in [1.165, 1.54) is 35.0 Å². The van der Waals surface area contributed by atoms with Crippen LogP contribution in [-0.4, -0.2) is 33.2 Å². The van der Waals surface area contributed by atoms with Gasteiger partial charge in [0.1, 0.15) is 16.2 Å². The maximum absolute atomic E-state index is 12.5. The van der Waals surface area contributed by atoms with E-state index < -0.39 is 5.25 Å². The maximum atomic E-state index is 12.5. The Morgan fingerprint density at radius 2 is 1.96 bits per heavy atom. The third kappa shape index (κ3) is 4.11. The van der Waals surface area contributed by atoms with E-state index in [1.54, 1.807) is 17.7 Å². The van der Waals surface area contributed by atoms with Crippen LogP contribution >= 0.6 is 23.1 Å². The molecular weight excluding hydrogens is 380 g/mol. The molecule has 4 rings (SSSR count). The number of aromatic nitrogens is 2. The molecule has 6 nitrogen and oxygen atoms in total. The van der Waals surface area contributed by atoms with E-state index in [4.69, 9.17) is 0 Å². The first-order valence-electron chi connectivity index (χ1n) is 9.65. The molecule has 144 valence electrons. The zero-order chi connectivity index (χ0) is 18.8. The molecule has 8 heteroatoms. The number of carbonyl (C=O) groups is 2. The summed E-state index contributed by atoms with van der Waals surface area (Å²) in [6.45, 7) is 1.82. The Morgan fingerprint density at radius 1 is 1.19 bits per heavy atom. The van der Waals surface area contributed by atoms with Gasteiger partial charge in [0.25, 0.3) is 0 Å². The molecular formula is C19H24N4O2S2. The lowest BCUT2D eigenvalue weighted by molar-refractivity contribution is -0.119. The summed E-state index contributed by atoms with van der Waals surface area (Å²) in [6.07, 6.45) is 10.4. The number of rotatable bonds is 4. The molecule has 27 heavy (non-hydrogen) atoms. The minimum absolute atomic E-state index is 0.194. The van der Waals surface area contributed by atoms with Gasteiger partial charge < -0.3 is 5.32 Å². The van der Waals surface area contributed by atoms with E-state index in [0.29, 0.717) is 0 Å². The number of hydrogen-bond acceptors (Lipinski definition) is 6. The summed E-state index contributed by atoms with van der Waals surface area (Å²) in [7, 11) is 0. The first kappa shape index (κ1) is 18.7. The van der Waals surface area contributed by atoms with Gasteiger partial charge in [0, 0.05) is 16.3 Å². The standard InChI is InChI=1S/C19H24N4O2S2/c1-11(16(24)23-19(25)22-12-6-2-3-7-12)26-17-15-13-8-4-5-9-14(13)27-18(15)21-10-20-17/h10-12H,2-9H2,1H3,(H2,22,23,24,25)/t11-/m0/s1. The lowest BCUT2D eigenvalue weighted by Gasteiger charge is -2.15. The minimum Gasteiger partial charge on any atom is -0.335 e. The van der Waals surface area contributed by atoms with Crippen LogP contribution in [0.5, 0.6) is 0 Å². The van der Waals surface area contributed by atoms with Crippen molar-refractivity contribution in [1.82, 2.24) is 20.6 Å². The van der Waals surface area contributed by atoms with Gasteiger partial charge in [-0.3, -0.25) is 10.1 Å². The van der Waals surface area contributed by atoms with Crippen molar-refractivity contribution >= 4 is 45.3 Å². The topological polar surface area (TPSA) is 84.0 Å². The number of thiophene rings is 1. The summed E-state index contributed by atoms with van der Waals surface area (Å²) in [5.41, 5.74) is 1.36. The van der Waals surface area contributed by atoms with E-state index in [0.717, 1.165) is 53.8 Å². The Morgan fingerprint density at radius 3 is 2.78 bits per heavy atom. The first-order chi connectivity index (χ1) is 13.1. The van der Waals surface area contributed by atoms with Crippen LogP contribution in [0.25, 0.3) is 10.2 Å². The molecule has 2 aromatic rings. The maximum Gasteiger partial charge on any atom is 0.321 e. The molecule has 3 amide bonds. The Kier molecular flexibility index (Phi) is 5.63. The molecule has 0 radical (unpaired) electrons. The summed E-state index contributed by atoms with van der Waals surface area (Å²) in [4.78, 5) is 35.8. The summed E-state index contributed by atoms with van der Waals surface area (Å²) >= 11 is 3.16. The Hall–Kier alpha value is -1.67. The van der Waals surface area contributed by atoms with E-state index in [1.807, 2.05) is 6.92 Å². The highest BCUT2D eigenvalue weighted by atomic mass is 32.2. The lowest BCUT2D eigenvalue weighted by Crippen LogP contribution is -2.45. The van der Waals surface area contributed by atoms with Crippen LogP contribution in [0.2, 0.25) is 0 Å². The average Bonchev–Trinajstić information content (AvgIpc) is 3.29. The fourth-order valence-electron chi connectivity index (χ4n) is 3.88. The number of aryl methyl sites for hydroxylation is 2. The van der Waals surface area contributed by atoms with Crippen LogP contribution in [0.3, 0.4) is 0 Å². The van der Waals surface area contributed by atoms with Crippen molar-refractivity contribution < 1.29 is 9.59 Å². The number of amides is 3. The van der Waals surface area contributed by atoms with Gasteiger partial charge in [-0.05, 0) is 51.0 Å². The molecule has 2 N–H and O–H groups in total. The predicted octanol–water partition coefficient (Wildman–Crippen LogP) is 3.82. The van der Waals surface area contributed by atoms with Gasteiger partial charge in [0.2, 0.25) is 5.91 Å². The second kappa shape index (κ2) is 8.14. The van der Waals surface area contributed by atoms with E-state index in [9.17, 15) is 9.59 Å². The lowest BCUT2D eigenvalue weighted by atomic mass is 9.97. The molecule has 0 unspecified atom stereocenters. The number of urea groups is 1. The second-order valence-corrected chi connectivity index (χ2v) is 9.69. The molecule has 0 bridgehead atoms. The fourth-order valence-corrected chi connectivity index (χ4v) is 6.12. The normalized spacial score (nSPS) is 18.3. The third-order valence-electron chi connectivity index (χ3n) is 5.30. The highest BCUT2D eigenvalue weighted by molar-refractivity contribution is 8.00. The SMILES string of the molecule is C[C@H](Sc1ncnc2sc3c(c12)CCCC3)C(=O)NC(=O)NC1CCCC1. The number of nitrogens with zero attached hydrogens (tertiary/aromatic N) is 2. The molecule has 2 aromatic heterocycles. The van der Waals surface area contributed by atoms with Gasteiger partial charge in [0.15, 0.2) is 0 Å². The molecule has 0 aliphatic heterocycles. The van der Waals surface area contributed by atoms with Gasteiger partial charge in [-0.1, -0.05) is 24.6 Å². The highest BCUT2D eigenvalue weighted by Crippen LogP contribution is 2.40. The number of hydrogen-bond donors (Lipinski definition) is 2. The van der Waals surface area contributed by atoms with Crippen LogP contribution in [0.4, 0.5) is 4.79 Å². The largest absolute Gasteiger partial charge is 0.335 e. The van der Waals surface area contributed by atoms with Crippen molar-refractivity contribution in [3.63, 3.8) is 0 Å². The monoisotopic (exact) mass is 404 g/mol. The van der Waals surface area contributed by atoms with Crippen molar-refractivity contribution in [2.75, 3.05) is 0 Å². The quantitative estimate of drug-likeness (QED) is 0.598. The molecule has 1 saturated carbocycles. The van der Waals surface area contributed by atoms with Crippen LogP contribution in [-0.2, 0) is 17.6 Å². The van der Waals surface area contributed by atoms with Crippen molar-refractivity contribution in [2.45, 2.75) is 74.6 Å². The van der Waals surface area contributed by atoms with Crippen molar-refractivity contribution in [1.29, 1.82) is 0 Å². The summed E-state index contributed by atoms with van der Waals surface area (Å²) in [5, 5.41) is 6.92. The van der Waals surface area contributed by atoms with Gasteiger partial charge in [-0.15, -0.1) is 11.3 Å². The number of nitrogens with one attached hydrogen (secondary N) is 2. The number of fused-ring (bicyclic) bond motifs is 3. The van der Waals surface area contributed by atoms with E-state index >= 15 is 0 Å². The van der Waals surface area contributed by atoms with E-state index in [2.05, 4.69) is 20.6 Å². The van der Waals surface area contributed by atoms with Crippen molar-refractivity contribution in [3.8, 4) is 0 Å². The second-order valence-electron chi connectivity index (χ2n) is 7.27. The summed E-state index contributed by atoms with van der Waals surface area (Å²) in [6, 6.07) is -0.195. The summed E-state index contributed by atoms with van der Waals surface area (Å²) < 4.78 is 0. The molecule has 1 fully saturated rings. The summed E-state index contributed by atoms with van der Waals surface area (Å²) in [5.74, 6) is -0.286. The molecule has 2 aliphatic carbocycles. The number of carbonyl (C=O) groups excluding carboxylic acids is 2. The predicted molar refractivity (Wildman–Crippen MR) is 108 cm³/mol. The zero-order valence-electron chi connectivity index (χ0n) is 15.4. The Balaban J connectivity index is 1.44. The van der Waals surface area contributed by atoms with Gasteiger partial charge in [-0.2, -0.15) is 0 Å². The molecule has 1 atom stereocenters. The highest BCUT2D eigenvalue weighted by Gasteiger charge is 2.24. The Labute approximate surface area is 166 Å². The average molecular weight is 405 g/mol. The van der Waals surface area contributed by atoms with Crippen LogP contribution in [0, 0.1) is 0 Å². The smallest absolute Gasteiger partial charge is 0.321 e.